The molecule has 15 heavy (non-hydrogen) atoms. The third kappa shape index (κ3) is 2.63. The molecule has 4 heteroatoms. The fraction of sp³-hybridized carbons (Fsp3) is 0.455. The van der Waals surface area contributed by atoms with Crippen molar-refractivity contribution in [2.24, 2.45) is 0 Å². The van der Waals surface area contributed by atoms with Crippen molar-refractivity contribution in [1.29, 1.82) is 0 Å². The standard InChI is InChI=1S/C11H16BrNO2/c1-7-6-8(4-5-13-2)10(14)9(12)11(7)15-3/h6,13-14H,4-5H2,1-3H3. The van der Waals surface area contributed by atoms with Gasteiger partial charge in [-0.2, -0.15) is 0 Å². The van der Waals surface area contributed by atoms with E-state index in [9.17, 15) is 5.11 Å². The van der Waals surface area contributed by atoms with Crippen LogP contribution in [0.1, 0.15) is 11.1 Å². The summed E-state index contributed by atoms with van der Waals surface area (Å²) < 4.78 is 5.83. The number of aryl methyl sites for hydroxylation is 1. The molecule has 0 spiro atoms. The maximum absolute atomic E-state index is 9.91. The Labute approximate surface area is 98.6 Å². The van der Waals surface area contributed by atoms with Gasteiger partial charge in [-0.1, -0.05) is 0 Å². The summed E-state index contributed by atoms with van der Waals surface area (Å²) in [6.45, 7) is 2.80. The van der Waals surface area contributed by atoms with Gasteiger partial charge in [0, 0.05) is 0 Å². The molecule has 0 saturated carbocycles. The van der Waals surface area contributed by atoms with Gasteiger partial charge < -0.3 is 15.2 Å². The molecule has 0 bridgehead atoms. The summed E-state index contributed by atoms with van der Waals surface area (Å²) in [4.78, 5) is 0. The minimum atomic E-state index is 0.271. The van der Waals surface area contributed by atoms with E-state index in [1.54, 1.807) is 7.11 Å². The Morgan fingerprint density at radius 2 is 2.20 bits per heavy atom. The molecule has 1 aromatic carbocycles. The molecule has 0 unspecified atom stereocenters. The van der Waals surface area contributed by atoms with E-state index in [0.29, 0.717) is 10.2 Å². The number of hydrogen-bond acceptors (Lipinski definition) is 3. The summed E-state index contributed by atoms with van der Waals surface area (Å²) in [5.41, 5.74) is 1.95. The maximum atomic E-state index is 9.91. The molecular weight excluding hydrogens is 258 g/mol. The van der Waals surface area contributed by atoms with Gasteiger partial charge in [-0.25, -0.2) is 0 Å². The molecule has 3 nitrogen and oxygen atoms in total. The third-order valence-corrected chi connectivity index (χ3v) is 3.04. The second-order valence-corrected chi connectivity index (χ2v) is 4.19. The van der Waals surface area contributed by atoms with Gasteiger partial charge in [-0.15, -0.1) is 0 Å². The van der Waals surface area contributed by atoms with E-state index in [2.05, 4.69) is 21.2 Å². The largest absolute Gasteiger partial charge is 0.506 e. The summed E-state index contributed by atoms with van der Waals surface area (Å²) in [5, 5.41) is 13.0. The molecule has 1 rings (SSSR count). The second kappa shape index (κ2) is 5.37. The first kappa shape index (κ1) is 12.3. The summed E-state index contributed by atoms with van der Waals surface area (Å²) >= 11 is 3.34. The van der Waals surface area contributed by atoms with Gasteiger partial charge in [-0.05, 0) is 60.1 Å². The van der Waals surface area contributed by atoms with Gasteiger partial charge in [0.2, 0.25) is 0 Å². The van der Waals surface area contributed by atoms with Gasteiger partial charge in [0.25, 0.3) is 0 Å². The number of benzene rings is 1. The van der Waals surface area contributed by atoms with E-state index in [1.807, 2.05) is 20.0 Å². The Balaban J connectivity index is 3.10. The fourth-order valence-corrected chi connectivity index (χ4v) is 2.25. The van der Waals surface area contributed by atoms with Gasteiger partial charge in [0.05, 0.1) is 7.11 Å². The zero-order chi connectivity index (χ0) is 11.4. The van der Waals surface area contributed by atoms with Crippen LogP contribution in [-0.4, -0.2) is 25.8 Å². The number of phenols is 1. The van der Waals surface area contributed by atoms with Crippen molar-refractivity contribution in [2.75, 3.05) is 20.7 Å². The van der Waals surface area contributed by atoms with E-state index in [1.165, 1.54) is 0 Å². The Bertz CT molecular complexity index is 353. The quantitative estimate of drug-likeness (QED) is 0.884. The molecule has 2 N–H and O–H groups in total. The van der Waals surface area contributed by atoms with Crippen LogP contribution in [0.15, 0.2) is 10.5 Å². The zero-order valence-electron chi connectivity index (χ0n) is 9.22. The van der Waals surface area contributed by atoms with Crippen LogP contribution in [0.5, 0.6) is 11.5 Å². The molecule has 0 fully saturated rings. The number of likely N-dealkylation sites (N-methyl/N-ethyl adjacent to an activating group) is 1. The SMILES string of the molecule is CNCCc1cc(C)c(OC)c(Br)c1O. The predicted molar refractivity (Wildman–Crippen MR) is 64.7 cm³/mol. The van der Waals surface area contributed by atoms with Crippen molar-refractivity contribution in [3.63, 3.8) is 0 Å². The Morgan fingerprint density at radius 1 is 1.53 bits per heavy atom. The van der Waals surface area contributed by atoms with E-state index in [4.69, 9.17) is 4.74 Å². The van der Waals surface area contributed by atoms with Crippen LogP contribution in [0.25, 0.3) is 0 Å². The van der Waals surface area contributed by atoms with Gasteiger partial charge in [-0.3, -0.25) is 0 Å². The summed E-state index contributed by atoms with van der Waals surface area (Å²) in [6, 6.07) is 1.95. The van der Waals surface area contributed by atoms with Crippen molar-refractivity contribution in [3.8, 4) is 11.5 Å². The predicted octanol–water partition coefficient (Wildman–Crippen LogP) is 2.23. The highest BCUT2D eigenvalue weighted by Gasteiger charge is 2.13. The van der Waals surface area contributed by atoms with Gasteiger partial charge in [0.15, 0.2) is 0 Å². The van der Waals surface area contributed by atoms with E-state index in [-0.39, 0.29) is 5.75 Å². The van der Waals surface area contributed by atoms with Crippen LogP contribution in [0, 0.1) is 6.92 Å². The lowest BCUT2D eigenvalue weighted by atomic mass is 10.1. The van der Waals surface area contributed by atoms with Crippen LogP contribution in [0.4, 0.5) is 0 Å². The number of phenolic OH excluding ortho intramolecular Hbond substituents is 1. The third-order valence-electron chi connectivity index (χ3n) is 2.31. The second-order valence-electron chi connectivity index (χ2n) is 3.40. The van der Waals surface area contributed by atoms with Crippen molar-refractivity contribution in [3.05, 3.63) is 21.7 Å². The molecule has 0 saturated heterocycles. The molecule has 0 aromatic heterocycles. The summed E-state index contributed by atoms with van der Waals surface area (Å²) in [5.74, 6) is 0.966. The molecule has 1 aromatic rings. The molecule has 0 atom stereocenters. The minimum Gasteiger partial charge on any atom is -0.506 e. The molecule has 0 aliphatic rings. The molecule has 0 aliphatic heterocycles. The Hall–Kier alpha value is -0.740. The van der Waals surface area contributed by atoms with Crippen molar-refractivity contribution < 1.29 is 9.84 Å². The zero-order valence-corrected chi connectivity index (χ0v) is 10.8. The lowest BCUT2D eigenvalue weighted by molar-refractivity contribution is 0.399. The highest BCUT2D eigenvalue weighted by atomic mass is 79.9. The monoisotopic (exact) mass is 273 g/mol. The average Bonchev–Trinajstić information content (AvgIpc) is 2.22. The van der Waals surface area contributed by atoms with Crippen LogP contribution in [0.2, 0.25) is 0 Å². The highest BCUT2D eigenvalue weighted by molar-refractivity contribution is 9.10. The lowest BCUT2D eigenvalue weighted by Gasteiger charge is -2.13. The number of rotatable bonds is 4. The Kier molecular flexibility index (Phi) is 4.42. The van der Waals surface area contributed by atoms with Crippen molar-refractivity contribution in [1.82, 2.24) is 5.32 Å². The number of nitrogens with one attached hydrogen (secondary N) is 1. The molecule has 0 radical (unpaired) electrons. The molecule has 0 heterocycles. The van der Waals surface area contributed by atoms with Crippen LogP contribution in [0.3, 0.4) is 0 Å². The molecular formula is C11H16BrNO2. The van der Waals surface area contributed by atoms with E-state index < -0.39 is 0 Å². The first-order valence-electron chi connectivity index (χ1n) is 4.81. The molecule has 84 valence electrons. The van der Waals surface area contributed by atoms with Crippen LogP contribution >= 0.6 is 15.9 Å². The summed E-state index contributed by atoms with van der Waals surface area (Å²) in [7, 11) is 3.49. The van der Waals surface area contributed by atoms with Crippen LogP contribution < -0.4 is 10.1 Å². The van der Waals surface area contributed by atoms with E-state index in [0.717, 1.165) is 24.1 Å². The maximum Gasteiger partial charge on any atom is 0.139 e. The highest BCUT2D eigenvalue weighted by Crippen LogP contribution is 2.39. The summed E-state index contributed by atoms with van der Waals surface area (Å²) in [6.07, 6.45) is 0.797. The topological polar surface area (TPSA) is 41.5 Å². The lowest BCUT2D eigenvalue weighted by Crippen LogP contribution is -2.10. The van der Waals surface area contributed by atoms with Crippen LogP contribution in [-0.2, 0) is 6.42 Å². The smallest absolute Gasteiger partial charge is 0.139 e. The normalized spacial score (nSPS) is 10.4. The number of aromatic hydroxyl groups is 1. The van der Waals surface area contributed by atoms with E-state index >= 15 is 0 Å². The average molecular weight is 274 g/mol. The van der Waals surface area contributed by atoms with Gasteiger partial charge in [0.1, 0.15) is 16.0 Å². The first-order chi connectivity index (χ1) is 7.11. The van der Waals surface area contributed by atoms with Gasteiger partial charge >= 0.3 is 0 Å². The van der Waals surface area contributed by atoms with Crippen molar-refractivity contribution >= 4 is 15.9 Å². The number of methoxy groups -OCH3 is 1. The number of hydrogen-bond donors (Lipinski definition) is 2. The Morgan fingerprint density at radius 3 is 2.73 bits per heavy atom. The minimum absolute atomic E-state index is 0.271. The van der Waals surface area contributed by atoms with Crippen molar-refractivity contribution in [2.45, 2.75) is 13.3 Å². The number of halogens is 1. The molecule has 0 amide bonds. The number of ether oxygens (including phenoxy) is 1. The first-order valence-corrected chi connectivity index (χ1v) is 5.60. The molecule has 0 aliphatic carbocycles. The fourth-order valence-electron chi connectivity index (χ4n) is 1.52.